The van der Waals surface area contributed by atoms with Crippen molar-refractivity contribution in [3.05, 3.63) is 24.3 Å². The summed E-state index contributed by atoms with van der Waals surface area (Å²) in [5, 5.41) is 0. The van der Waals surface area contributed by atoms with Gasteiger partial charge in [-0.05, 0) is 36.8 Å². The molecule has 0 spiro atoms. The third-order valence-electron chi connectivity index (χ3n) is 6.75. The van der Waals surface area contributed by atoms with E-state index in [1.807, 2.05) is 29.2 Å². The number of fused-ring (bicyclic) bond motifs is 1. The van der Waals surface area contributed by atoms with Crippen molar-refractivity contribution in [1.29, 1.82) is 0 Å². The Morgan fingerprint density at radius 3 is 2.29 bits per heavy atom. The van der Waals surface area contributed by atoms with Crippen LogP contribution in [0, 0.1) is 11.8 Å². The molecule has 0 N–H and O–H groups in total. The Labute approximate surface area is 167 Å². The summed E-state index contributed by atoms with van der Waals surface area (Å²) in [5.74, 6) is 1.58. The normalized spacial score (nSPS) is 25.2. The topological polar surface area (TPSA) is 53.1 Å². The van der Waals surface area contributed by atoms with Crippen LogP contribution < -0.4 is 9.64 Å². The largest absolute Gasteiger partial charge is 0.495 e. The highest BCUT2D eigenvalue weighted by molar-refractivity contribution is 6.35. The van der Waals surface area contributed by atoms with Gasteiger partial charge in [-0.15, -0.1) is 0 Å². The van der Waals surface area contributed by atoms with Gasteiger partial charge >= 0.3 is 11.8 Å². The van der Waals surface area contributed by atoms with E-state index in [0.717, 1.165) is 36.9 Å². The molecule has 152 valence electrons. The molecule has 3 aliphatic rings. The van der Waals surface area contributed by atoms with E-state index in [0.29, 0.717) is 32.1 Å². The molecule has 2 amide bonds. The summed E-state index contributed by atoms with van der Waals surface area (Å²) in [7, 11) is 1.67. The summed E-state index contributed by atoms with van der Waals surface area (Å²) in [6.07, 6.45) is 6.16. The van der Waals surface area contributed by atoms with E-state index in [1.54, 1.807) is 12.0 Å². The van der Waals surface area contributed by atoms with Gasteiger partial charge in [-0.1, -0.05) is 31.4 Å². The van der Waals surface area contributed by atoms with Crippen molar-refractivity contribution < 1.29 is 14.3 Å². The summed E-state index contributed by atoms with van der Waals surface area (Å²) >= 11 is 0. The Bertz CT molecular complexity index is 715. The van der Waals surface area contributed by atoms with Crippen molar-refractivity contribution in [2.75, 3.05) is 51.3 Å². The summed E-state index contributed by atoms with van der Waals surface area (Å²) < 4.78 is 5.45. The number of piperazine rings is 1. The minimum absolute atomic E-state index is 0.297. The van der Waals surface area contributed by atoms with Crippen LogP contribution in [0.5, 0.6) is 5.75 Å². The minimum atomic E-state index is -0.325. The van der Waals surface area contributed by atoms with Gasteiger partial charge in [0, 0.05) is 39.3 Å². The number of amides is 2. The number of anilines is 1. The number of hydrogen-bond donors (Lipinski definition) is 0. The fourth-order valence-corrected chi connectivity index (χ4v) is 5.10. The molecule has 4 rings (SSSR count). The average molecular weight is 386 g/mol. The van der Waals surface area contributed by atoms with Crippen LogP contribution in [0.1, 0.15) is 32.1 Å². The number of carbonyl (C=O) groups excluding carboxylic acids is 2. The van der Waals surface area contributed by atoms with Gasteiger partial charge in [0.25, 0.3) is 0 Å². The fraction of sp³-hybridized carbons (Fsp3) is 0.636. The maximum Gasteiger partial charge on any atom is 0.312 e. The molecular weight excluding hydrogens is 354 g/mol. The standard InChI is InChI=1S/C22H31N3O3/c1-28-20-9-5-4-8-19(20)23-12-14-24(15-13-23)21(26)22(27)25-11-10-17-6-2-3-7-18(17)16-25/h4-5,8-9,17-18H,2-3,6-7,10-16H2,1H3. The van der Waals surface area contributed by atoms with Gasteiger partial charge in [-0.25, -0.2) is 0 Å². The van der Waals surface area contributed by atoms with Crippen molar-refractivity contribution in [3.63, 3.8) is 0 Å². The summed E-state index contributed by atoms with van der Waals surface area (Å²) in [5.41, 5.74) is 1.04. The van der Waals surface area contributed by atoms with Crippen molar-refractivity contribution >= 4 is 17.5 Å². The summed E-state index contributed by atoms with van der Waals surface area (Å²) in [4.78, 5) is 31.4. The van der Waals surface area contributed by atoms with E-state index in [2.05, 4.69) is 4.90 Å². The molecule has 1 aliphatic carbocycles. The number of nitrogens with zero attached hydrogens (tertiary/aromatic N) is 3. The Morgan fingerprint density at radius 2 is 1.54 bits per heavy atom. The molecule has 1 aromatic rings. The van der Waals surface area contributed by atoms with E-state index in [9.17, 15) is 9.59 Å². The first-order valence-electron chi connectivity index (χ1n) is 10.6. The number of ether oxygens (including phenoxy) is 1. The molecular formula is C22H31N3O3. The number of piperidine rings is 1. The predicted octanol–water partition coefficient (Wildman–Crippen LogP) is 2.38. The first-order chi connectivity index (χ1) is 13.7. The summed E-state index contributed by atoms with van der Waals surface area (Å²) in [6, 6.07) is 7.94. The molecule has 6 heteroatoms. The lowest BCUT2D eigenvalue weighted by atomic mass is 9.75. The molecule has 0 radical (unpaired) electrons. The van der Waals surface area contributed by atoms with Crippen LogP contribution in [0.15, 0.2) is 24.3 Å². The Balaban J connectivity index is 1.33. The number of hydrogen-bond acceptors (Lipinski definition) is 4. The Kier molecular flexibility index (Phi) is 5.74. The van der Waals surface area contributed by atoms with Gasteiger partial charge in [-0.2, -0.15) is 0 Å². The second-order valence-corrected chi connectivity index (χ2v) is 8.30. The maximum atomic E-state index is 12.8. The maximum absolute atomic E-state index is 12.8. The van der Waals surface area contributed by atoms with E-state index < -0.39 is 0 Å². The number of carbonyl (C=O) groups is 2. The fourth-order valence-electron chi connectivity index (χ4n) is 5.10. The number of para-hydroxylation sites is 2. The van der Waals surface area contributed by atoms with Crippen molar-refractivity contribution in [2.45, 2.75) is 32.1 Å². The molecule has 3 fully saturated rings. The van der Waals surface area contributed by atoms with E-state index in [1.165, 1.54) is 25.7 Å². The first kappa shape index (κ1) is 19.1. The second kappa shape index (κ2) is 8.41. The van der Waals surface area contributed by atoms with Gasteiger partial charge in [0.2, 0.25) is 0 Å². The number of likely N-dealkylation sites (tertiary alicyclic amines) is 1. The lowest BCUT2D eigenvalue weighted by Crippen LogP contribution is -2.55. The van der Waals surface area contributed by atoms with Crippen molar-refractivity contribution in [2.24, 2.45) is 11.8 Å². The quantitative estimate of drug-likeness (QED) is 0.734. The third-order valence-corrected chi connectivity index (χ3v) is 6.75. The molecule has 0 bridgehead atoms. The van der Waals surface area contributed by atoms with Gasteiger partial charge < -0.3 is 19.4 Å². The highest BCUT2D eigenvalue weighted by Crippen LogP contribution is 2.36. The van der Waals surface area contributed by atoms with Gasteiger partial charge in [0.05, 0.1) is 12.8 Å². The highest BCUT2D eigenvalue weighted by atomic mass is 16.5. The van der Waals surface area contributed by atoms with Crippen LogP contribution in [0.3, 0.4) is 0 Å². The zero-order valence-corrected chi connectivity index (χ0v) is 16.8. The lowest BCUT2D eigenvalue weighted by molar-refractivity contribution is -0.153. The van der Waals surface area contributed by atoms with Crippen LogP contribution in [-0.2, 0) is 9.59 Å². The molecule has 1 aromatic carbocycles. The van der Waals surface area contributed by atoms with E-state index in [4.69, 9.17) is 4.74 Å². The molecule has 0 aromatic heterocycles. The third kappa shape index (κ3) is 3.82. The van der Waals surface area contributed by atoms with Crippen LogP contribution in [0.25, 0.3) is 0 Å². The van der Waals surface area contributed by atoms with Gasteiger partial charge in [0.1, 0.15) is 5.75 Å². The number of methoxy groups -OCH3 is 1. The van der Waals surface area contributed by atoms with Gasteiger partial charge in [-0.3, -0.25) is 9.59 Å². The smallest absolute Gasteiger partial charge is 0.312 e. The number of rotatable bonds is 2. The first-order valence-corrected chi connectivity index (χ1v) is 10.6. The van der Waals surface area contributed by atoms with Gasteiger partial charge in [0.15, 0.2) is 0 Å². The zero-order valence-electron chi connectivity index (χ0n) is 16.8. The molecule has 2 saturated heterocycles. The zero-order chi connectivity index (χ0) is 19.5. The SMILES string of the molecule is COc1ccccc1N1CCN(C(=O)C(=O)N2CCC3CCCCC3C2)CC1. The Morgan fingerprint density at radius 1 is 0.857 bits per heavy atom. The summed E-state index contributed by atoms with van der Waals surface area (Å²) in [6.45, 7) is 4.09. The van der Waals surface area contributed by atoms with Crippen LogP contribution in [0.4, 0.5) is 5.69 Å². The van der Waals surface area contributed by atoms with E-state index in [-0.39, 0.29) is 11.8 Å². The van der Waals surface area contributed by atoms with Crippen LogP contribution in [-0.4, -0.2) is 68.0 Å². The number of benzene rings is 1. The lowest BCUT2D eigenvalue weighted by Gasteiger charge is -2.42. The molecule has 2 aliphatic heterocycles. The molecule has 6 nitrogen and oxygen atoms in total. The Hall–Kier alpha value is -2.24. The van der Waals surface area contributed by atoms with Crippen molar-refractivity contribution in [3.8, 4) is 5.75 Å². The average Bonchev–Trinajstić information content (AvgIpc) is 2.77. The van der Waals surface area contributed by atoms with Crippen LogP contribution in [0.2, 0.25) is 0 Å². The van der Waals surface area contributed by atoms with Crippen molar-refractivity contribution in [1.82, 2.24) is 9.80 Å². The molecule has 2 unspecified atom stereocenters. The van der Waals surface area contributed by atoms with Crippen LogP contribution >= 0.6 is 0 Å². The molecule has 2 heterocycles. The molecule has 1 saturated carbocycles. The monoisotopic (exact) mass is 385 g/mol. The molecule has 28 heavy (non-hydrogen) atoms. The second-order valence-electron chi connectivity index (χ2n) is 8.30. The highest BCUT2D eigenvalue weighted by Gasteiger charge is 2.36. The minimum Gasteiger partial charge on any atom is -0.495 e. The molecule has 2 atom stereocenters. The predicted molar refractivity (Wildman–Crippen MR) is 108 cm³/mol. The van der Waals surface area contributed by atoms with E-state index >= 15 is 0 Å².